The summed E-state index contributed by atoms with van der Waals surface area (Å²) in [7, 11) is 2.00. The third-order valence-corrected chi connectivity index (χ3v) is 9.79. The van der Waals surface area contributed by atoms with Gasteiger partial charge in [-0.05, 0) is 74.0 Å². The molecule has 6 rings (SSSR count). The van der Waals surface area contributed by atoms with E-state index in [1.165, 1.54) is 23.3 Å². The summed E-state index contributed by atoms with van der Waals surface area (Å²) in [4.78, 5) is 31.1. The van der Waals surface area contributed by atoms with Gasteiger partial charge in [0.1, 0.15) is 5.82 Å². The van der Waals surface area contributed by atoms with Crippen LogP contribution in [0.1, 0.15) is 34.5 Å². The molecule has 1 amide bonds. The molecule has 2 saturated heterocycles. The lowest BCUT2D eigenvalue weighted by Crippen LogP contribution is -2.44. The van der Waals surface area contributed by atoms with Crippen LogP contribution in [0.4, 0.5) is 23.1 Å². The molecule has 8 nitrogen and oxygen atoms in total. The van der Waals surface area contributed by atoms with E-state index in [-0.39, 0.29) is 5.91 Å². The molecule has 0 unspecified atom stereocenters. The number of hydrogen-bond donors (Lipinski definition) is 0. The molecular formula is C30H37N7OS2. The Morgan fingerprint density at radius 2 is 1.68 bits per heavy atom. The SMILES string of the molecule is CSN(C)c1ccccc1C(=O)N1CCc2cc(SN3CCN(c4cc(C)nc(N5CCCC5)n4)CC3)ccc21. The van der Waals surface area contributed by atoms with Crippen LogP contribution in [0.25, 0.3) is 0 Å². The van der Waals surface area contributed by atoms with Gasteiger partial charge in [0.15, 0.2) is 0 Å². The number of para-hydroxylation sites is 1. The topological polar surface area (TPSA) is 59.1 Å². The normalized spacial score (nSPS) is 17.4. The average Bonchev–Trinajstić information content (AvgIpc) is 3.67. The monoisotopic (exact) mass is 575 g/mol. The molecule has 3 aliphatic rings. The van der Waals surface area contributed by atoms with Crippen molar-refractivity contribution in [2.45, 2.75) is 31.1 Å². The summed E-state index contributed by atoms with van der Waals surface area (Å²) in [6, 6.07) is 16.6. The molecule has 2 fully saturated rings. The largest absolute Gasteiger partial charge is 0.354 e. The lowest BCUT2D eigenvalue weighted by atomic mass is 10.1. The summed E-state index contributed by atoms with van der Waals surface area (Å²) in [5, 5.41) is 0. The smallest absolute Gasteiger partial charge is 0.260 e. The van der Waals surface area contributed by atoms with Crippen molar-refractivity contribution in [3.8, 4) is 0 Å². The second-order valence-corrected chi connectivity index (χ2v) is 12.6. The van der Waals surface area contributed by atoms with E-state index in [1.807, 2.05) is 58.7 Å². The number of fused-ring (bicyclic) bond motifs is 1. The van der Waals surface area contributed by atoms with Crippen LogP contribution in [-0.4, -0.2) is 79.3 Å². The molecule has 40 heavy (non-hydrogen) atoms. The molecule has 0 aliphatic carbocycles. The Morgan fingerprint density at radius 1 is 0.900 bits per heavy atom. The van der Waals surface area contributed by atoms with Crippen molar-refractivity contribution < 1.29 is 4.79 Å². The van der Waals surface area contributed by atoms with Gasteiger partial charge < -0.3 is 19.0 Å². The number of amides is 1. The number of hydrogen-bond acceptors (Lipinski definition) is 9. The number of rotatable bonds is 7. The van der Waals surface area contributed by atoms with E-state index >= 15 is 0 Å². The van der Waals surface area contributed by atoms with Crippen molar-refractivity contribution in [3.05, 3.63) is 65.4 Å². The van der Waals surface area contributed by atoms with Crippen LogP contribution in [0.2, 0.25) is 0 Å². The number of carbonyl (C=O) groups excluding carboxylic acids is 1. The first-order chi connectivity index (χ1) is 19.5. The highest BCUT2D eigenvalue weighted by Gasteiger charge is 2.28. The molecule has 210 valence electrons. The van der Waals surface area contributed by atoms with Crippen molar-refractivity contribution in [2.24, 2.45) is 0 Å². The zero-order valence-electron chi connectivity index (χ0n) is 23.5. The maximum absolute atomic E-state index is 13.6. The predicted molar refractivity (Wildman–Crippen MR) is 168 cm³/mol. The van der Waals surface area contributed by atoms with Gasteiger partial charge in [-0.2, -0.15) is 4.98 Å². The maximum Gasteiger partial charge on any atom is 0.260 e. The Morgan fingerprint density at radius 3 is 2.45 bits per heavy atom. The predicted octanol–water partition coefficient (Wildman–Crippen LogP) is 5.13. The van der Waals surface area contributed by atoms with E-state index in [9.17, 15) is 4.79 Å². The van der Waals surface area contributed by atoms with Gasteiger partial charge in [0.2, 0.25) is 5.95 Å². The first kappa shape index (κ1) is 27.2. The van der Waals surface area contributed by atoms with Crippen molar-refractivity contribution in [2.75, 3.05) is 78.1 Å². The van der Waals surface area contributed by atoms with Gasteiger partial charge in [-0.15, -0.1) is 0 Å². The Labute approximate surface area is 246 Å². The molecule has 0 spiro atoms. The third-order valence-electron chi connectivity index (χ3n) is 7.95. The quantitative estimate of drug-likeness (QED) is 0.357. The van der Waals surface area contributed by atoms with Crippen LogP contribution in [-0.2, 0) is 6.42 Å². The minimum absolute atomic E-state index is 0.0691. The molecule has 0 atom stereocenters. The second kappa shape index (κ2) is 11.9. The highest BCUT2D eigenvalue weighted by atomic mass is 32.2. The van der Waals surface area contributed by atoms with Gasteiger partial charge in [0.05, 0.1) is 11.3 Å². The summed E-state index contributed by atoms with van der Waals surface area (Å²) in [5.74, 6) is 2.00. The lowest BCUT2D eigenvalue weighted by Gasteiger charge is -2.35. The van der Waals surface area contributed by atoms with E-state index in [0.717, 1.165) is 86.6 Å². The Kier molecular flexibility index (Phi) is 8.09. The zero-order valence-corrected chi connectivity index (χ0v) is 25.2. The number of benzene rings is 2. The van der Waals surface area contributed by atoms with Crippen LogP contribution in [0.5, 0.6) is 0 Å². The fraction of sp³-hybridized carbons (Fsp3) is 0.433. The van der Waals surface area contributed by atoms with E-state index in [2.05, 4.69) is 45.3 Å². The zero-order chi connectivity index (χ0) is 27.6. The molecule has 4 heterocycles. The van der Waals surface area contributed by atoms with Crippen LogP contribution in [0.3, 0.4) is 0 Å². The summed E-state index contributed by atoms with van der Waals surface area (Å²) in [6.07, 6.45) is 5.36. The highest BCUT2D eigenvalue weighted by Crippen LogP contribution is 2.36. The fourth-order valence-electron chi connectivity index (χ4n) is 5.73. The first-order valence-electron chi connectivity index (χ1n) is 14.1. The summed E-state index contributed by atoms with van der Waals surface area (Å²) < 4.78 is 4.49. The van der Waals surface area contributed by atoms with E-state index in [1.54, 1.807) is 11.9 Å². The molecular weight excluding hydrogens is 539 g/mol. The first-order valence-corrected chi connectivity index (χ1v) is 16.1. The summed E-state index contributed by atoms with van der Waals surface area (Å²) in [5.41, 5.74) is 5.01. The van der Waals surface area contributed by atoms with Gasteiger partial charge in [-0.25, -0.2) is 9.29 Å². The number of aryl methyl sites for hydroxylation is 1. The Balaban J connectivity index is 1.09. The van der Waals surface area contributed by atoms with Crippen molar-refractivity contribution in [3.63, 3.8) is 0 Å². The average molecular weight is 576 g/mol. The van der Waals surface area contributed by atoms with Gasteiger partial charge in [0.25, 0.3) is 5.91 Å². The molecule has 0 bridgehead atoms. The Hall–Kier alpha value is -2.95. The Bertz CT molecular complexity index is 1370. The van der Waals surface area contributed by atoms with Crippen molar-refractivity contribution in [1.82, 2.24) is 14.3 Å². The highest BCUT2D eigenvalue weighted by molar-refractivity contribution is 7.99. The third kappa shape index (κ3) is 5.62. The standard InChI is InChI=1S/C30H37N7OS2/c1-22-20-28(32-30(31-22)35-13-6-7-14-35)34-16-18-36(19-17-34)40-24-10-11-26-23(21-24)12-15-37(26)29(38)25-8-4-5-9-27(25)33(2)39-3/h4-5,8-11,20-21H,6-7,12-19H2,1-3H3. The number of nitrogens with zero attached hydrogens (tertiary/aromatic N) is 7. The molecule has 2 aromatic carbocycles. The number of carbonyl (C=O) groups is 1. The molecule has 10 heteroatoms. The van der Waals surface area contributed by atoms with Crippen molar-refractivity contribution in [1.29, 1.82) is 0 Å². The van der Waals surface area contributed by atoms with Crippen molar-refractivity contribution >= 4 is 52.9 Å². The maximum atomic E-state index is 13.6. The second-order valence-electron chi connectivity index (χ2n) is 10.6. The lowest BCUT2D eigenvalue weighted by molar-refractivity contribution is 0.0990. The fourth-order valence-corrected chi connectivity index (χ4v) is 7.06. The van der Waals surface area contributed by atoms with E-state index in [0.29, 0.717) is 0 Å². The van der Waals surface area contributed by atoms with E-state index < -0.39 is 0 Å². The van der Waals surface area contributed by atoms with Crippen LogP contribution in [0, 0.1) is 6.92 Å². The minimum Gasteiger partial charge on any atom is -0.354 e. The number of anilines is 4. The molecule has 3 aliphatic heterocycles. The van der Waals surface area contributed by atoms with Gasteiger partial charge in [-0.3, -0.25) is 4.79 Å². The van der Waals surface area contributed by atoms with Gasteiger partial charge in [-0.1, -0.05) is 24.1 Å². The van der Waals surface area contributed by atoms with Gasteiger partial charge >= 0.3 is 0 Å². The number of aromatic nitrogens is 2. The van der Waals surface area contributed by atoms with Gasteiger partial charge in [0, 0.05) is 81.5 Å². The molecule has 0 saturated carbocycles. The summed E-state index contributed by atoms with van der Waals surface area (Å²) >= 11 is 3.43. The van der Waals surface area contributed by atoms with Crippen LogP contribution in [0.15, 0.2) is 53.4 Å². The van der Waals surface area contributed by atoms with Crippen LogP contribution < -0.4 is 19.0 Å². The molecule has 0 N–H and O–H groups in total. The molecule has 0 radical (unpaired) electrons. The summed E-state index contributed by atoms with van der Waals surface area (Å²) in [6.45, 7) is 8.73. The molecule has 1 aromatic heterocycles. The van der Waals surface area contributed by atoms with E-state index in [4.69, 9.17) is 9.97 Å². The number of piperazine rings is 1. The molecule has 3 aromatic rings. The minimum atomic E-state index is 0.0691. The van der Waals surface area contributed by atoms with Crippen LogP contribution >= 0.6 is 23.9 Å².